The van der Waals surface area contributed by atoms with E-state index in [1.807, 2.05) is 4.90 Å². The highest BCUT2D eigenvalue weighted by molar-refractivity contribution is 7.92. The van der Waals surface area contributed by atoms with Crippen molar-refractivity contribution in [3.63, 3.8) is 0 Å². The Bertz CT molecular complexity index is 1950. The summed E-state index contributed by atoms with van der Waals surface area (Å²) in [5.41, 5.74) is 5.14. The van der Waals surface area contributed by atoms with Crippen molar-refractivity contribution in [3.8, 4) is 11.8 Å². The first-order valence-corrected chi connectivity index (χ1v) is 14.9. The van der Waals surface area contributed by atoms with E-state index in [4.69, 9.17) is 5.73 Å². The number of aromatic nitrogens is 4. The monoisotopic (exact) mass is 589 g/mol. The minimum atomic E-state index is -4.00. The highest BCUT2D eigenvalue weighted by Gasteiger charge is 2.27. The number of rotatable bonds is 8. The zero-order chi connectivity index (χ0) is 30.0. The van der Waals surface area contributed by atoms with Crippen molar-refractivity contribution in [1.29, 1.82) is 0 Å². The van der Waals surface area contributed by atoms with Crippen LogP contribution in [0.2, 0.25) is 0 Å². The maximum absolute atomic E-state index is 13.8. The summed E-state index contributed by atoms with van der Waals surface area (Å²) < 4.78 is 32.1. The van der Waals surface area contributed by atoms with Crippen LogP contribution < -0.4 is 26.6 Å². The van der Waals surface area contributed by atoms with Crippen molar-refractivity contribution in [3.05, 3.63) is 81.0 Å². The molecular weight excluding hydrogens is 558 g/mol. The number of hydrogen-bond donors (Lipinski definition) is 2. The van der Waals surface area contributed by atoms with E-state index in [2.05, 4.69) is 21.5 Å². The van der Waals surface area contributed by atoms with Crippen molar-refractivity contribution >= 4 is 38.6 Å². The smallest absolute Gasteiger partial charge is 0.332 e. The van der Waals surface area contributed by atoms with Gasteiger partial charge in [0.15, 0.2) is 16.9 Å². The molecule has 42 heavy (non-hydrogen) atoms. The van der Waals surface area contributed by atoms with Crippen LogP contribution in [-0.4, -0.2) is 52.0 Å². The molecule has 1 fully saturated rings. The number of piperidine rings is 1. The molecule has 1 aliphatic heterocycles. The van der Waals surface area contributed by atoms with Gasteiger partial charge in [-0.2, -0.15) is 4.98 Å². The van der Waals surface area contributed by atoms with Crippen LogP contribution in [0.5, 0.6) is 0 Å². The maximum Gasteiger partial charge on any atom is 0.332 e. The number of fused-ring (bicyclic) bond motifs is 1. The molecule has 0 aliphatic carbocycles. The molecule has 1 saturated heterocycles. The lowest BCUT2D eigenvalue weighted by atomic mass is 10.1. The van der Waals surface area contributed by atoms with E-state index in [1.54, 1.807) is 41.8 Å². The summed E-state index contributed by atoms with van der Waals surface area (Å²) in [7, 11) is -2.51. The van der Waals surface area contributed by atoms with Gasteiger partial charge in [-0.1, -0.05) is 36.3 Å². The number of imidazole rings is 1. The van der Waals surface area contributed by atoms with Gasteiger partial charge in [0.2, 0.25) is 5.95 Å². The zero-order valence-electron chi connectivity index (χ0n) is 23.3. The van der Waals surface area contributed by atoms with E-state index in [-0.39, 0.29) is 39.9 Å². The largest absolute Gasteiger partial charge is 0.341 e. The molecule has 3 heterocycles. The summed E-state index contributed by atoms with van der Waals surface area (Å²) in [5.74, 6) is 5.66. The van der Waals surface area contributed by atoms with Crippen LogP contribution >= 0.6 is 0 Å². The number of aryl methyl sites for hydroxylation is 1. The highest BCUT2D eigenvalue weighted by atomic mass is 32.2. The normalized spacial score (nSPS) is 15.3. The van der Waals surface area contributed by atoms with Crippen LogP contribution in [0.1, 0.15) is 30.1 Å². The molecule has 0 saturated carbocycles. The first-order chi connectivity index (χ1) is 20.1. The first kappa shape index (κ1) is 28.8. The number of para-hydroxylation sites is 1. The Labute approximate surface area is 242 Å². The number of anilines is 2. The third kappa shape index (κ3) is 5.46. The molecule has 0 amide bonds. The highest BCUT2D eigenvalue weighted by Crippen LogP contribution is 2.24. The van der Waals surface area contributed by atoms with Crippen LogP contribution in [0.4, 0.5) is 11.6 Å². The van der Waals surface area contributed by atoms with Crippen LogP contribution in [-0.2, 0) is 30.2 Å². The number of carbonyl (C=O) groups excluding carboxylic acids is 1. The van der Waals surface area contributed by atoms with Gasteiger partial charge in [-0.3, -0.25) is 28.0 Å². The molecule has 0 spiro atoms. The number of sulfonamides is 1. The topological polar surface area (TPSA) is 154 Å². The lowest BCUT2D eigenvalue weighted by Gasteiger charge is -2.31. The van der Waals surface area contributed by atoms with Gasteiger partial charge in [0, 0.05) is 31.7 Å². The molecule has 2 aromatic carbocycles. The van der Waals surface area contributed by atoms with Gasteiger partial charge in [0.1, 0.15) is 0 Å². The van der Waals surface area contributed by atoms with Crippen molar-refractivity contribution < 1.29 is 13.2 Å². The summed E-state index contributed by atoms with van der Waals surface area (Å²) in [6.45, 7) is 2.46. The molecule has 2 aromatic heterocycles. The number of carbonyl (C=O) groups is 1. The number of nitrogens with two attached hydrogens (primary N) is 1. The SMILES string of the molecule is CC#CCn1c(N2CCCC(N)C2)nc2c1c(=O)n(CC(=O)c1ccccc1NS(=O)(=O)c1ccccc1)c(=O)n2C. The van der Waals surface area contributed by atoms with Crippen LogP contribution in [0.25, 0.3) is 11.2 Å². The Kier molecular flexibility index (Phi) is 8.02. The third-order valence-corrected chi connectivity index (χ3v) is 8.58. The number of nitrogens with one attached hydrogen (secondary N) is 1. The molecule has 3 N–H and O–H groups in total. The average molecular weight is 590 g/mol. The molecule has 13 heteroatoms. The molecule has 12 nitrogen and oxygen atoms in total. The van der Waals surface area contributed by atoms with Gasteiger partial charge in [-0.25, -0.2) is 13.2 Å². The zero-order valence-corrected chi connectivity index (χ0v) is 24.1. The fourth-order valence-electron chi connectivity index (χ4n) is 5.09. The van der Waals surface area contributed by atoms with Crippen molar-refractivity contribution in [2.75, 3.05) is 22.7 Å². The number of Topliss-reactive ketones (excluding diaryl/α,β-unsaturated/α-hetero) is 1. The van der Waals surface area contributed by atoms with Crippen molar-refractivity contribution in [2.24, 2.45) is 12.8 Å². The minimum absolute atomic E-state index is 0.0133. The second-order valence-electron chi connectivity index (χ2n) is 10.1. The van der Waals surface area contributed by atoms with E-state index in [1.165, 1.54) is 35.9 Å². The lowest BCUT2D eigenvalue weighted by molar-refractivity contribution is 0.0969. The molecule has 4 aromatic rings. The molecule has 0 radical (unpaired) electrons. The summed E-state index contributed by atoms with van der Waals surface area (Å²) in [5, 5.41) is 0. The fraction of sp³-hybridized carbons (Fsp3) is 0.310. The number of nitrogens with zero attached hydrogens (tertiary/aromatic N) is 5. The Morgan fingerprint density at radius 3 is 2.52 bits per heavy atom. The fourth-order valence-corrected chi connectivity index (χ4v) is 6.19. The predicted octanol–water partition coefficient (Wildman–Crippen LogP) is 1.53. The lowest BCUT2D eigenvalue weighted by Crippen LogP contribution is -2.44. The molecular formula is C29H31N7O5S. The van der Waals surface area contributed by atoms with Gasteiger partial charge in [-0.05, 0) is 44.0 Å². The summed E-state index contributed by atoms with van der Waals surface area (Å²) in [4.78, 5) is 47.4. The van der Waals surface area contributed by atoms with E-state index in [9.17, 15) is 22.8 Å². The summed E-state index contributed by atoms with van der Waals surface area (Å²) in [6, 6.07) is 13.7. The Morgan fingerprint density at radius 1 is 1.10 bits per heavy atom. The molecule has 0 bridgehead atoms. The van der Waals surface area contributed by atoms with Crippen molar-refractivity contribution in [1.82, 2.24) is 18.7 Å². The predicted molar refractivity (Wildman–Crippen MR) is 160 cm³/mol. The quantitative estimate of drug-likeness (QED) is 0.232. The van der Waals surface area contributed by atoms with Gasteiger partial charge in [0.05, 0.1) is 23.7 Å². The Hall–Kier alpha value is -4.67. The Balaban J connectivity index is 1.56. The van der Waals surface area contributed by atoms with Crippen LogP contribution in [0.3, 0.4) is 0 Å². The third-order valence-electron chi connectivity index (χ3n) is 7.19. The van der Waals surface area contributed by atoms with Crippen LogP contribution in [0, 0.1) is 11.8 Å². The number of benzene rings is 2. The second kappa shape index (κ2) is 11.7. The maximum atomic E-state index is 13.8. The molecule has 1 unspecified atom stereocenters. The van der Waals surface area contributed by atoms with Crippen LogP contribution in [0.15, 0.2) is 69.1 Å². The molecule has 1 atom stereocenters. The van der Waals surface area contributed by atoms with E-state index in [0.29, 0.717) is 19.0 Å². The molecule has 1 aliphatic rings. The summed E-state index contributed by atoms with van der Waals surface area (Å²) in [6.07, 6.45) is 1.73. The molecule has 5 rings (SSSR count). The average Bonchev–Trinajstić information content (AvgIpc) is 3.37. The van der Waals surface area contributed by atoms with E-state index >= 15 is 0 Å². The standard InChI is InChI=1S/C29H31N7O5S/c1-3-4-17-35-25-26(31-28(35)34-16-10-11-20(30)18-34)33(2)29(39)36(27(25)38)19-24(37)22-14-8-9-15-23(22)32-42(40,41)21-12-6-5-7-13-21/h5-9,12-15,20,32H,10-11,16-19,30H2,1-2H3. The van der Waals surface area contributed by atoms with E-state index in [0.717, 1.165) is 17.4 Å². The first-order valence-electron chi connectivity index (χ1n) is 13.4. The second-order valence-corrected chi connectivity index (χ2v) is 11.7. The van der Waals surface area contributed by atoms with E-state index < -0.39 is 33.6 Å². The number of ketones is 1. The van der Waals surface area contributed by atoms with Crippen molar-refractivity contribution in [2.45, 2.75) is 43.8 Å². The minimum Gasteiger partial charge on any atom is -0.341 e. The number of hydrogen-bond acceptors (Lipinski definition) is 8. The molecule has 218 valence electrons. The summed E-state index contributed by atoms with van der Waals surface area (Å²) >= 11 is 0. The van der Waals surface area contributed by atoms with Gasteiger partial charge in [-0.15, -0.1) is 5.92 Å². The van der Waals surface area contributed by atoms with Gasteiger partial charge in [0.25, 0.3) is 15.6 Å². The Morgan fingerprint density at radius 2 is 1.81 bits per heavy atom. The van der Waals surface area contributed by atoms with Gasteiger partial charge < -0.3 is 10.6 Å². The van der Waals surface area contributed by atoms with Gasteiger partial charge >= 0.3 is 5.69 Å².